The summed E-state index contributed by atoms with van der Waals surface area (Å²) in [6.07, 6.45) is 0. The third kappa shape index (κ3) is 3.98. The highest BCUT2D eigenvalue weighted by atomic mass is 16.5. The lowest BCUT2D eigenvalue weighted by molar-refractivity contribution is -0.141. The number of ether oxygens (including phenoxy) is 1. The summed E-state index contributed by atoms with van der Waals surface area (Å²) in [5, 5.41) is 2.85. The van der Waals surface area contributed by atoms with Gasteiger partial charge in [0.05, 0.1) is 7.11 Å². The Balaban J connectivity index is 1.81. The fourth-order valence-electron chi connectivity index (χ4n) is 2.78. The zero-order chi connectivity index (χ0) is 18.4. The fourth-order valence-corrected chi connectivity index (χ4v) is 2.78. The largest absolute Gasteiger partial charge is 0.468 e. The Bertz CT molecular complexity index is 874. The van der Waals surface area contributed by atoms with Crippen LogP contribution in [0.25, 0.3) is 0 Å². The van der Waals surface area contributed by atoms with Crippen molar-refractivity contribution in [2.45, 2.75) is 5.92 Å². The first-order valence-electron chi connectivity index (χ1n) is 8.28. The van der Waals surface area contributed by atoms with Gasteiger partial charge in [0.2, 0.25) is 0 Å². The molecule has 26 heavy (non-hydrogen) atoms. The molecule has 0 fully saturated rings. The van der Waals surface area contributed by atoms with Gasteiger partial charge in [0, 0.05) is 11.3 Å². The number of carbonyl (C=O) groups is 2. The molecule has 1 atom stereocenters. The van der Waals surface area contributed by atoms with E-state index >= 15 is 0 Å². The van der Waals surface area contributed by atoms with Crippen molar-refractivity contribution in [3.05, 3.63) is 102 Å². The summed E-state index contributed by atoms with van der Waals surface area (Å²) in [5.74, 6) is -0.997. The topological polar surface area (TPSA) is 55.4 Å². The molecule has 0 aromatic heterocycles. The smallest absolute Gasteiger partial charge is 0.317 e. The van der Waals surface area contributed by atoms with Crippen LogP contribution in [-0.2, 0) is 9.53 Å². The molecule has 0 saturated carbocycles. The maximum Gasteiger partial charge on any atom is 0.317 e. The van der Waals surface area contributed by atoms with Gasteiger partial charge >= 0.3 is 5.97 Å². The van der Waals surface area contributed by atoms with Crippen molar-refractivity contribution in [1.82, 2.24) is 0 Å². The molecule has 0 aliphatic rings. The molecule has 0 aliphatic heterocycles. The van der Waals surface area contributed by atoms with Crippen LogP contribution in [0, 0.1) is 0 Å². The summed E-state index contributed by atoms with van der Waals surface area (Å²) in [5.41, 5.74) is 2.92. The summed E-state index contributed by atoms with van der Waals surface area (Å²) < 4.78 is 4.97. The van der Waals surface area contributed by atoms with E-state index < -0.39 is 5.92 Å². The second-order valence-electron chi connectivity index (χ2n) is 5.81. The van der Waals surface area contributed by atoms with Crippen LogP contribution in [-0.4, -0.2) is 19.0 Å². The number of rotatable bonds is 5. The second-order valence-corrected chi connectivity index (χ2v) is 5.81. The number of hydrogen-bond acceptors (Lipinski definition) is 3. The minimum absolute atomic E-state index is 0.175. The third-order valence-corrected chi connectivity index (χ3v) is 4.11. The first kappa shape index (κ1) is 17.4. The van der Waals surface area contributed by atoms with Gasteiger partial charge < -0.3 is 10.1 Å². The predicted molar refractivity (Wildman–Crippen MR) is 101 cm³/mol. The number of anilines is 1. The molecule has 3 rings (SSSR count). The highest BCUT2D eigenvalue weighted by molar-refractivity contribution is 6.04. The summed E-state index contributed by atoms with van der Waals surface area (Å²) in [4.78, 5) is 24.5. The minimum Gasteiger partial charge on any atom is -0.468 e. The Morgan fingerprint density at radius 2 is 1.31 bits per heavy atom. The molecule has 0 saturated heterocycles. The van der Waals surface area contributed by atoms with Gasteiger partial charge in [0.15, 0.2) is 0 Å². The minimum atomic E-state index is -0.500. The van der Waals surface area contributed by atoms with Crippen LogP contribution in [0.5, 0.6) is 0 Å². The van der Waals surface area contributed by atoms with Gasteiger partial charge in [-0.15, -0.1) is 0 Å². The Morgan fingerprint density at radius 3 is 1.88 bits per heavy atom. The SMILES string of the molecule is COC(=O)C(c1ccccc1)c1ccc(NC(=O)c2ccccc2)cc1. The predicted octanol–water partition coefficient (Wildman–Crippen LogP) is 4.24. The molecule has 0 radical (unpaired) electrons. The van der Waals surface area contributed by atoms with Crippen molar-refractivity contribution in [3.8, 4) is 0 Å². The van der Waals surface area contributed by atoms with E-state index in [1.807, 2.05) is 60.7 Å². The second kappa shape index (κ2) is 8.12. The monoisotopic (exact) mass is 345 g/mol. The summed E-state index contributed by atoms with van der Waals surface area (Å²) in [7, 11) is 1.38. The van der Waals surface area contributed by atoms with Crippen LogP contribution in [0.3, 0.4) is 0 Å². The third-order valence-electron chi connectivity index (χ3n) is 4.11. The van der Waals surface area contributed by atoms with Gasteiger partial charge in [-0.2, -0.15) is 0 Å². The van der Waals surface area contributed by atoms with Gasteiger partial charge in [-0.25, -0.2) is 0 Å². The molecule has 3 aromatic rings. The lowest BCUT2D eigenvalue weighted by Gasteiger charge is -2.16. The maximum atomic E-state index is 12.3. The van der Waals surface area contributed by atoms with Crippen molar-refractivity contribution < 1.29 is 14.3 Å². The van der Waals surface area contributed by atoms with E-state index in [1.165, 1.54) is 7.11 Å². The van der Waals surface area contributed by atoms with Gasteiger partial charge in [0.1, 0.15) is 5.92 Å². The van der Waals surface area contributed by atoms with E-state index in [1.54, 1.807) is 24.3 Å². The van der Waals surface area contributed by atoms with Crippen molar-refractivity contribution in [3.63, 3.8) is 0 Å². The Hall–Kier alpha value is -3.40. The molecule has 4 nitrogen and oxygen atoms in total. The maximum absolute atomic E-state index is 12.3. The first-order chi connectivity index (χ1) is 12.7. The zero-order valence-electron chi connectivity index (χ0n) is 14.4. The van der Waals surface area contributed by atoms with Crippen molar-refractivity contribution in [2.24, 2.45) is 0 Å². The first-order valence-corrected chi connectivity index (χ1v) is 8.28. The lowest BCUT2D eigenvalue weighted by atomic mass is 9.91. The van der Waals surface area contributed by atoms with E-state index in [0.717, 1.165) is 11.1 Å². The summed E-state index contributed by atoms with van der Waals surface area (Å²) >= 11 is 0. The number of esters is 1. The molecule has 4 heteroatoms. The molecule has 0 bridgehead atoms. The molecule has 3 aromatic carbocycles. The van der Waals surface area contributed by atoms with Crippen molar-refractivity contribution in [1.29, 1.82) is 0 Å². The number of methoxy groups -OCH3 is 1. The van der Waals surface area contributed by atoms with Crippen LogP contribution >= 0.6 is 0 Å². The normalized spacial score (nSPS) is 11.4. The average molecular weight is 345 g/mol. The zero-order valence-corrected chi connectivity index (χ0v) is 14.4. The lowest BCUT2D eigenvalue weighted by Crippen LogP contribution is -2.16. The van der Waals surface area contributed by atoms with Crippen LogP contribution in [0.1, 0.15) is 27.4 Å². The number of benzene rings is 3. The number of amides is 1. The van der Waals surface area contributed by atoms with E-state index in [0.29, 0.717) is 11.3 Å². The van der Waals surface area contributed by atoms with Crippen LogP contribution in [0.4, 0.5) is 5.69 Å². The quantitative estimate of drug-likeness (QED) is 0.704. The molecule has 1 unspecified atom stereocenters. The summed E-state index contributed by atoms with van der Waals surface area (Å²) in [6.45, 7) is 0. The standard InChI is InChI=1S/C22H19NO3/c1-26-22(25)20(16-8-4-2-5-9-16)17-12-14-19(15-13-17)23-21(24)18-10-6-3-7-11-18/h2-15,20H,1H3,(H,23,24). The molecule has 1 amide bonds. The highest BCUT2D eigenvalue weighted by Crippen LogP contribution is 2.27. The molecular weight excluding hydrogens is 326 g/mol. The van der Waals surface area contributed by atoms with Gasteiger partial charge in [-0.1, -0.05) is 60.7 Å². The van der Waals surface area contributed by atoms with E-state index in [-0.39, 0.29) is 11.9 Å². The molecule has 130 valence electrons. The van der Waals surface area contributed by atoms with Crippen LogP contribution < -0.4 is 5.32 Å². The molecule has 0 aliphatic carbocycles. The molecular formula is C22H19NO3. The average Bonchev–Trinajstić information content (AvgIpc) is 2.71. The number of hydrogen-bond donors (Lipinski definition) is 1. The summed E-state index contributed by atoms with van der Waals surface area (Å²) in [6, 6.07) is 25.7. The van der Waals surface area contributed by atoms with Gasteiger partial charge in [-0.05, 0) is 35.4 Å². The van der Waals surface area contributed by atoms with E-state index in [4.69, 9.17) is 4.74 Å². The molecule has 1 N–H and O–H groups in total. The van der Waals surface area contributed by atoms with Crippen LogP contribution in [0.15, 0.2) is 84.9 Å². The Morgan fingerprint density at radius 1 is 0.769 bits per heavy atom. The van der Waals surface area contributed by atoms with Crippen molar-refractivity contribution in [2.75, 3.05) is 12.4 Å². The van der Waals surface area contributed by atoms with Gasteiger partial charge in [0.25, 0.3) is 5.91 Å². The van der Waals surface area contributed by atoms with Crippen LogP contribution in [0.2, 0.25) is 0 Å². The Kier molecular flexibility index (Phi) is 5.44. The van der Waals surface area contributed by atoms with Crippen molar-refractivity contribution >= 4 is 17.6 Å². The van der Waals surface area contributed by atoms with E-state index in [9.17, 15) is 9.59 Å². The fraction of sp³-hybridized carbons (Fsp3) is 0.0909. The Labute approximate surface area is 152 Å². The molecule has 0 spiro atoms. The van der Waals surface area contributed by atoms with E-state index in [2.05, 4.69) is 5.32 Å². The number of nitrogens with one attached hydrogen (secondary N) is 1. The number of carbonyl (C=O) groups excluding carboxylic acids is 2. The van der Waals surface area contributed by atoms with Gasteiger partial charge in [-0.3, -0.25) is 9.59 Å². The highest BCUT2D eigenvalue weighted by Gasteiger charge is 2.23. The molecule has 0 heterocycles.